The quantitative estimate of drug-likeness (QED) is 0.237. The first-order chi connectivity index (χ1) is 23.0. The molecule has 294 valence electrons. The van der Waals surface area contributed by atoms with Crippen molar-refractivity contribution in [2.45, 2.75) is 185 Å². The van der Waals surface area contributed by atoms with Gasteiger partial charge in [0, 0.05) is 37.6 Å². The van der Waals surface area contributed by atoms with E-state index >= 15 is 0 Å². The largest absolute Gasteiger partial charge is 0.459 e. The molecule has 3 saturated heterocycles. The maximum Gasteiger partial charge on any atom is 0.311 e. The van der Waals surface area contributed by atoms with E-state index in [0.717, 1.165) is 0 Å². The Labute approximate surface area is 299 Å². The normalized spacial score (nSPS) is 50.6. The van der Waals surface area contributed by atoms with Crippen LogP contribution in [0.1, 0.15) is 88.5 Å². The van der Waals surface area contributed by atoms with Crippen LogP contribution in [0.4, 0.5) is 0 Å². The highest BCUT2D eigenvalue weighted by atomic mass is 16.7. The zero-order valence-corrected chi connectivity index (χ0v) is 32.9. The molecule has 0 spiro atoms. The second-order valence-corrected chi connectivity index (χ2v) is 16.2. The number of carbonyl (C=O) groups is 1. The number of rotatable bonds is 7. The number of methoxy groups -OCH3 is 1. The molecule has 0 aliphatic carbocycles. The highest BCUT2D eigenvalue weighted by Gasteiger charge is 2.55. The van der Waals surface area contributed by atoms with Crippen molar-refractivity contribution in [3.63, 3.8) is 0 Å². The van der Waals surface area contributed by atoms with Crippen molar-refractivity contribution in [1.82, 2.24) is 9.80 Å². The number of nitrogens with two attached hydrogens (primary N) is 1. The maximum absolute atomic E-state index is 14.1. The van der Waals surface area contributed by atoms with Crippen molar-refractivity contribution >= 4 is 5.97 Å². The standard InChI is InChI=1S/C36H69N3O11/c1-15-25-36(10,44)30(41)21(5)39(13)23(7)35(9,43)31(50-33-27(40)24(38(11)12)16-18(2)46-33)19(3)28(20(4)32(42)48-25)49-26-17-34(8,45-14)29(37)22(6)47-26/h18-31,33,40-41,43-44H,15-17,37H2,1-14H3/t18-,19+,20-,21-,22+,23-,24+,25-,26+,27-,28+,29-,30-,31-,33+,34-,35+,36-/m1/s1. The number of ether oxygens (including phenoxy) is 6. The van der Waals surface area contributed by atoms with Crippen molar-refractivity contribution in [2.24, 2.45) is 17.6 Å². The molecule has 50 heavy (non-hydrogen) atoms. The Hall–Kier alpha value is -1.01. The van der Waals surface area contributed by atoms with E-state index < -0.39 is 102 Å². The predicted octanol–water partition coefficient (Wildman–Crippen LogP) is 1.23. The van der Waals surface area contributed by atoms with Gasteiger partial charge in [-0.1, -0.05) is 13.8 Å². The number of hydrogen-bond acceptors (Lipinski definition) is 14. The Kier molecular flexibility index (Phi) is 14.4. The molecular weight excluding hydrogens is 650 g/mol. The van der Waals surface area contributed by atoms with E-state index in [2.05, 4.69) is 0 Å². The molecule has 3 fully saturated rings. The first-order valence-electron chi connectivity index (χ1n) is 18.3. The number of esters is 1. The molecule has 0 saturated carbocycles. The average Bonchev–Trinajstić information content (AvgIpc) is 3.05. The lowest BCUT2D eigenvalue weighted by molar-refractivity contribution is -0.313. The Morgan fingerprint density at radius 1 is 1.00 bits per heavy atom. The number of aliphatic hydroxyl groups excluding tert-OH is 2. The van der Waals surface area contributed by atoms with Gasteiger partial charge in [-0.15, -0.1) is 0 Å². The van der Waals surface area contributed by atoms with Gasteiger partial charge in [0.05, 0.1) is 42.0 Å². The van der Waals surface area contributed by atoms with Crippen LogP contribution in [0.3, 0.4) is 0 Å². The highest BCUT2D eigenvalue weighted by Crippen LogP contribution is 2.40. The van der Waals surface area contributed by atoms with E-state index in [1.165, 1.54) is 6.92 Å². The van der Waals surface area contributed by atoms with Gasteiger partial charge in [-0.05, 0) is 89.4 Å². The fraction of sp³-hybridized carbons (Fsp3) is 0.972. The molecule has 3 aliphatic heterocycles. The van der Waals surface area contributed by atoms with Crippen LogP contribution in [0.15, 0.2) is 0 Å². The summed E-state index contributed by atoms with van der Waals surface area (Å²) in [5, 5.41) is 47.5. The minimum Gasteiger partial charge on any atom is -0.459 e. The Morgan fingerprint density at radius 2 is 1.60 bits per heavy atom. The van der Waals surface area contributed by atoms with Gasteiger partial charge in [-0.25, -0.2) is 0 Å². The topological polar surface area (TPSA) is 186 Å². The van der Waals surface area contributed by atoms with E-state index in [4.69, 9.17) is 34.2 Å². The molecule has 3 rings (SSSR count). The van der Waals surface area contributed by atoms with Crippen molar-refractivity contribution < 1.29 is 53.6 Å². The van der Waals surface area contributed by atoms with Crippen LogP contribution in [-0.2, 0) is 33.2 Å². The van der Waals surface area contributed by atoms with Crippen LogP contribution in [0.5, 0.6) is 0 Å². The molecule has 0 aromatic rings. The van der Waals surface area contributed by atoms with Crippen LogP contribution in [0.25, 0.3) is 0 Å². The summed E-state index contributed by atoms with van der Waals surface area (Å²) < 4.78 is 37.7. The molecule has 14 nitrogen and oxygen atoms in total. The van der Waals surface area contributed by atoms with Gasteiger partial charge in [-0.2, -0.15) is 0 Å². The summed E-state index contributed by atoms with van der Waals surface area (Å²) in [5.74, 6) is -2.40. The molecule has 0 radical (unpaired) electrons. The van der Waals surface area contributed by atoms with Gasteiger partial charge in [0.2, 0.25) is 0 Å². The smallest absolute Gasteiger partial charge is 0.311 e. The summed E-state index contributed by atoms with van der Waals surface area (Å²) in [7, 11) is 7.09. The first-order valence-corrected chi connectivity index (χ1v) is 18.3. The average molecular weight is 720 g/mol. The monoisotopic (exact) mass is 719 g/mol. The van der Waals surface area contributed by atoms with Crippen LogP contribution in [-0.4, -0.2) is 161 Å². The maximum atomic E-state index is 14.1. The lowest BCUT2D eigenvalue weighted by Crippen LogP contribution is -2.66. The molecule has 14 heteroatoms. The summed E-state index contributed by atoms with van der Waals surface area (Å²) >= 11 is 0. The van der Waals surface area contributed by atoms with Gasteiger partial charge in [0.1, 0.15) is 29.5 Å². The van der Waals surface area contributed by atoms with E-state index in [1.807, 2.05) is 46.7 Å². The zero-order chi connectivity index (χ0) is 38.3. The van der Waals surface area contributed by atoms with Crippen LogP contribution in [0.2, 0.25) is 0 Å². The molecule has 3 aliphatic rings. The van der Waals surface area contributed by atoms with Gasteiger partial charge in [0.25, 0.3) is 0 Å². The number of aliphatic hydroxyl groups is 4. The molecule has 6 N–H and O–H groups in total. The number of cyclic esters (lactones) is 1. The number of carbonyl (C=O) groups excluding carboxylic acids is 1. The van der Waals surface area contributed by atoms with E-state index in [0.29, 0.717) is 6.42 Å². The van der Waals surface area contributed by atoms with E-state index in [1.54, 1.807) is 53.7 Å². The number of hydrogen-bond donors (Lipinski definition) is 5. The van der Waals surface area contributed by atoms with Gasteiger partial charge < -0.3 is 59.5 Å². The summed E-state index contributed by atoms with van der Waals surface area (Å²) in [6.07, 6.45) is -7.24. The molecule has 0 aromatic carbocycles. The molecule has 0 amide bonds. The SMILES string of the molecule is CC[C@H]1OC(=O)[C@H](C)[C@@H](O[C@H]2C[C@@](C)(OC)[C@H](N)[C@H](C)O2)[C@H](C)[C@@H](O[C@@H]2O[C@H](C)C[C@H](N(C)C)[C@H]2O)[C@@](C)(O)[C@@H](C)N(C)[C@H](C)[C@@H](O)[C@]1(C)O. The minimum atomic E-state index is -1.84. The van der Waals surface area contributed by atoms with Crippen molar-refractivity contribution in [3.05, 3.63) is 0 Å². The third-order valence-electron chi connectivity index (χ3n) is 12.4. The predicted molar refractivity (Wildman–Crippen MR) is 187 cm³/mol. The molecule has 0 bridgehead atoms. The third kappa shape index (κ3) is 8.68. The van der Waals surface area contributed by atoms with Gasteiger partial charge in [0.15, 0.2) is 12.6 Å². The lowest BCUT2D eigenvalue weighted by atomic mass is 9.77. The van der Waals surface area contributed by atoms with Gasteiger partial charge >= 0.3 is 5.97 Å². The van der Waals surface area contributed by atoms with Crippen LogP contribution >= 0.6 is 0 Å². The zero-order valence-electron chi connectivity index (χ0n) is 32.9. The summed E-state index contributed by atoms with van der Waals surface area (Å²) in [6, 6.07) is -2.13. The molecule has 0 unspecified atom stereocenters. The first kappa shape index (κ1) is 43.4. The Balaban J connectivity index is 2.20. The summed E-state index contributed by atoms with van der Waals surface area (Å²) in [4.78, 5) is 17.8. The second-order valence-electron chi connectivity index (χ2n) is 16.2. The Morgan fingerprint density at radius 3 is 2.14 bits per heavy atom. The van der Waals surface area contributed by atoms with Crippen molar-refractivity contribution in [1.29, 1.82) is 0 Å². The van der Waals surface area contributed by atoms with E-state index in [-0.39, 0.29) is 25.0 Å². The fourth-order valence-electron chi connectivity index (χ4n) is 8.17. The minimum absolute atomic E-state index is 0.231. The lowest BCUT2D eigenvalue weighted by Gasteiger charge is -2.51. The molecular formula is C36H69N3O11. The van der Waals surface area contributed by atoms with Crippen LogP contribution < -0.4 is 5.73 Å². The summed E-state index contributed by atoms with van der Waals surface area (Å²) in [6.45, 7) is 17.5. The Bertz CT molecular complexity index is 1110. The highest BCUT2D eigenvalue weighted by molar-refractivity contribution is 5.73. The second kappa shape index (κ2) is 16.6. The number of likely N-dealkylation sites (N-methyl/N-ethyl adjacent to an activating group) is 2. The van der Waals surface area contributed by atoms with Crippen molar-refractivity contribution in [3.8, 4) is 0 Å². The van der Waals surface area contributed by atoms with E-state index in [9.17, 15) is 25.2 Å². The molecule has 0 aromatic heterocycles. The fourth-order valence-corrected chi connectivity index (χ4v) is 8.17. The van der Waals surface area contributed by atoms with Crippen LogP contribution in [0, 0.1) is 11.8 Å². The van der Waals surface area contributed by atoms with Gasteiger partial charge in [-0.3, -0.25) is 9.69 Å². The molecule has 18 atom stereocenters. The third-order valence-corrected chi connectivity index (χ3v) is 12.4. The summed E-state index contributed by atoms with van der Waals surface area (Å²) in [5.41, 5.74) is 2.12. The number of nitrogens with zero attached hydrogens (tertiary/aromatic N) is 2. The van der Waals surface area contributed by atoms with Crippen molar-refractivity contribution in [2.75, 3.05) is 28.3 Å². The molecule has 3 heterocycles.